The van der Waals surface area contributed by atoms with E-state index in [4.69, 9.17) is 0 Å². The highest BCUT2D eigenvalue weighted by molar-refractivity contribution is 5.86. The van der Waals surface area contributed by atoms with E-state index < -0.39 is 0 Å². The van der Waals surface area contributed by atoms with Gasteiger partial charge in [-0.25, -0.2) is 9.97 Å². The Kier molecular flexibility index (Phi) is 7.33. The molecule has 3 aromatic rings. The molecule has 1 unspecified atom stereocenters. The number of aryl methyl sites for hydroxylation is 1. The summed E-state index contributed by atoms with van der Waals surface area (Å²) in [6.07, 6.45) is 4.76. The molecule has 0 aliphatic carbocycles. The number of fused-ring (bicyclic) bond motifs is 1. The second kappa shape index (κ2) is 10.8. The molecule has 0 bridgehead atoms. The largest absolute Gasteiger partial charge is 0.368 e. The maximum absolute atomic E-state index is 12.4. The molecule has 4 rings (SSSR count). The average molecular weight is 450 g/mol. The van der Waals surface area contributed by atoms with E-state index in [0.717, 1.165) is 42.3 Å². The minimum Gasteiger partial charge on any atom is -0.368 e. The molecule has 1 aliphatic rings. The summed E-state index contributed by atoms with van der Waals surface area (Å²) in [7, 11) is 3.61. The number of aromatic nitrogens is 4. The number of anilines is 1. The number of likely N-dealkylation sites (tertiary alicyclic amines) is 1. The summed E-state index contributed by atoms with van der Waals surface area (Å²) in [6.45, 7) is 3.59. The molecular weight excluding hydrogens is 418 g/mol. The van der Waals surface area contributed by atoms with Crippen molar-refractivity contribution in [3.63, 3.8) is 0 Å². The minimum absolute atomic E-state index is 0.233. The Bertz CT molecular complexity index is 1100. The number of amides is 1. The molecule has 3 heterocycles. The van der Waals surface area contributed by atoms with Crippen LogP contribution in [0.5, 0.6) is 0 Å². The third-order valence-electron chi connectivity index (χ3n) is 5.83. The highest BCUT2D eigenvalue weighted by Crippen LogP contribution is 2.18. The van der Waals surface area contributed by atoms with Gasteiger partial charge in [-0.3, -0.25) is 14.5 Å². The standard InChI is InChI=1S/C23H31N9O/c1-24-23(26-10-9-25-21-19-14-30-31(2)22(19)29-16-28-21)27-13-18-12-20(33)32(15-18)11-8-17-6-4-3-5-7-17/h3-7,14,16,18H,8-13,15H2,1-2H3,(H2,24,26,27)(H,25,28,29). The summed E-state index contributed by atoms with van der Waals surface area (Å²) in [5, 5.41) is 15.1. The van der Waals surface area contributed by atoms with Crippen LogP contribution in [0.15, 0.2) is 47.8 Å². The molecule has 0 radical (unpaired) electrons. The fourth-order valence-electron chi connectivity index (χ4n) is 4.04. The van der Waals surface area contributed by atoms with Gasteiger partial charge in [0.05, 0.1) is 11.6 Å². The van der Waals surface area contributed by atoms with Crippen molar-refractivity contribution >= 4 is 28.7 Å². The molecule has 174 valence electrons. The van der Waals surface area contributed by atoms with E-state index in [9.17, 15) is 4.79 Å². The topological polar surface area (TPSA) is 112 Å². The van der Waals surface area contributed by atoms with Gasteiger partial charge in [0.25, 0.3) is 0 Å². The van der Waals surface area contributed by atoms with Crippen molar-refractivity contribution in [2.45, 2.75) is 12.8 Å². The molecule has 1 fully saturated rings. The minimum atomic E-state index is 0.233. The number of nitrogens with zero attached hydrogens (tertiary/aromatic N) is 6. The van der Waals surface area contributed by atoms with Crippen LogP contribution in [0.2, 0.25) is 0 Å². The Morgan fingerprint density at radius 3 is 2.85 bits per heavy atom. The first-order valence-corrected chi connectivity index (χ1v) is 11.3. The molecule has 1 saturated heterocycles. The van der Waals surface area contributed by atoms with Crippen LogP contribution in [-0.4, -0.2) is 76.3 Å². The predicted molar refractivity (Wildman–Crippen MR) is 129 cm³/mol. The maximum Gasteiger partial charge on any atom is 0.223 e. The number of aliphatic imine (C=N–C) groups is 1. The first kappa shape index (κ1) is 22.5. The van der Waals surface area contributed by atoms with Crippen molar-refractivity contribution in [3.8, 4) is 0 Å². The molecule has 10 heteroatoms. The van der Waals surface area contributed by atoms with Crippen LogP contribution in [0.3, 0.4) is 0 Å². The fraction of sp³-hybridized carbons (Fsp3) is 0.435. The summed E-state index contributed by atoms with van der Waals surface area (Å²) >= 11 is 0. The molecular formula is C23H31N9O. The summed E-state index contributed by atoms with van der Waals surface area (Å²) in [5.41, 5.74) is 2.05. The molecule has 1 aromatic carbocycles. The normalized spacial score (nSPS) is 16.4. The van der Waals surface area contributed by atoms with E-state index in [0.29, 0.717) is 26.1 Å². The number of carbonyl (C=O) groups excluding carboxylic acids is 1. The highest BCUT2D eigenvalue weighted by atomic mass is 16.2. The van der Waals surface area contributed by atoms with Crippen LogP contribution in [0.4, 0.5) is 5.82 Å². The van der Waals surface area contributed by atoms with Gasteiger partial charge in [-0.05, 0) is 12.0 Å². The predicted octanol–water partition coefficient (Wildman–Crippen LogP) is 1.03. The van der Waals surface area contributed by atoms with Crippen molar-refractivity contribution in [2.24, 2.45) is 18.0 Å². The summed E-state index contributed by atoms with van der Waals surface area (Å²) < 4.78 is 1.72. The number of benzene rings is 1. The molecule has 33 heavy (non-hydrogen) atoms. The second-order valence-corrected chi connectivity index (χ2v) is 8.18. The Balaban J connectivity index is 1.17. The fourth-order valence-corrected chi connectivity index (χ4v) is 4.04. The van der Waals surface area contributed by atoms with Gasteiger partial charge in [-0.15, -0.1) is 0 Å². The van der Waals surface area contributed by atoms with Gasteiger partial charge in [0.2, 0.25) is 5.91 Å². The smallest absolute Gasteiger partial charge is 0.223 e. The summed E-state index contributed by atoms with van der Waals surface area (Å²) in [6, 6.07) is 10.3. The number of carbonyl (C=O) groups is 1. The van der Waals surface area contributed by atoms with Gasteiger partial charge in [0.1, 0.15) is 12.1 Å². The van der Waals surface area contributed by atoms with E-state index in [2.05, 4.69) is 48.1 Å². The molecule has 0 saturated carbocycles. The molecule has 0 spiro atoms. The van der Waals surface area contributed by atoms with E-state index in [1.54, 1.807) is 17.9 Å². The molecule has 10 nitrogen and oxygen atoms in total. The number of hydrogen-bond acceptors (Lipinski definition) is 6. The highest BCUT2D eigenvalue weighted by Gasteiger charge is 2.29. The quantitative estimate of drug-likeness (QED) is 0.254. The molecule has 3 N–H and O–H groups in total. The van der Waals surface area contributed by atoms with Crippen LogP contribution < -0.4 is 16.0 Å². The Morgan fingerprint density at radius 2 is 2.03 bits per heavy atom. The molecule has 1 atom stereocenters. The van der Waals surface area contributed by atoms with Gasteiger partial charge in [0, 0.05) is 59.2 Å². The van der Waals surface area contributed by atoms with Gasteiger partial charge >= 0.3 is 0 Å². The van der Waals surface area contributed by atoms with Crippen molar-refractivity contribution in [3.05, 3.63) is 48.4 Å². The van der Waals surface area contributed by atoms with Crippen LogP contribution in [0.1, 0.15) is 12.0 Å². The number of guanidine groups is 1. The zero-order valence-corrected chi connectivity index (χ0v) is 19.2. The third kappa shape index (κ3) is 5.76. The Hall–Kier alpha value is -3.69. The molecule has 1 aliphatic heterocycles. The number of rotatable bonds is 9. The lowest BCUT2D eigenvalue weighted by atomic mass is 10.1. The lowest BCUT2D eigenvalue weighted by Crippen LogP contribution is -2.42. The van der Waals surface area contributed by atoms with E-state index in [1.165, 1.54) is 11.9 Å². The maximum atomic E-state index is 12.4. The van der Waals surface area contributed by atoms with Crippen LogP contribution >= 0.6 is 0 Å². The molecule has 1 amide bonds. The molecule has 2 aromatic heterocycles. The van der Waals surface area contributed by atoms with Crippen LogP contribution in [-0.2, 0) is 18.3 Å². The Morgan fingerprint density at radius 1 is 1.18 bits per heavy atom. The van der Waals surface area contributed by atoms with Gasteiger partial charge in [0.15, 0.2) is 11.6 Å². The zero-order chi connectivity index (χ0) is 23.0. The van der Waals surface area contributed by atoms with Crippen molar-refractivity contribution in [2.75, 3.05) is 45.1 Å². The van der Waals surface area contributed by atoms with Gasteiger partial charge in [-0.2, -0.15) is 5.10 Å². The first-order valence-electron chi connectivity index (χ1n) is 11.3. The van der Waals surface area contributed by atoms with E-state index in [1.807, 2.05) is 30.1 Å². The monoisotopic (exact) mass is 449 g/mol. The second-order valence-electron chi connectivity index (χ2n) is 8.18. The number of nitrogens with one attached hydrogen (secondary N) is 3. The lowest BCUT2D eigenvalue weighted by molar-refractivity contribution is -0.127. The van der Waals surface area contributed by atoms with E-state index >= 15 is 0 Å². The zero-order valence-electron chi connectivity index (χ0n) is 19.2. The van der Waals surface area contributed by atoms with E-state index in [-0.39, 0.29) is 11.8 Å². The van der Waals surface area contributed by atoms with Crippen molar-refractivity contribution < 1.29 is 4.79 Å². The van der Waals surface area contributed by atoms with Gasteiger partial charge < -0.3 is 20.9 Å². The summed E-state index contributed by atoms with van der Waals surface area (Å²) in [4.78, 5) is 27.2. The third-order valence-corrected chi connectivity index (χ3v) is 5.83. The van der Waals surface area contributed by atoms with Gasteiger partial charge in [-0.1, -0.05) is 30.3 Å². The van der Waals surface area contributed by atoms with Crippen molar-refractivity contribution in [1.29, 1.82) is 0 Å². The van der Waals surface area contributed by atoms with Crippen LogP contribution in [0, 0.1) is 5.92 Å². The SMILES string of the molecule is CN=C(NCCNc1ncnc2c1cnn2C)NCC1CC(=O)N(CCc2ccccc2)C1. The Labute approximate surface area is 193 Å². The van der Waals surface area contributed by atoms with Crippen LogP contribution in [0.25, 0.3) is 11.0 Å². The first-order chi connectivity index (χ1) is 16.1. The summed E-state index contributed by atoms with van der Waals surface area (Å²) in [5.74, 6) is 2.00. The average Bonchev–Trinajstić information content (AvgIpc) is 3.40. The lowest BCUT2D eigenvalue weighted by Gasteiger charge is -2.18. The van der Waals surface area contributed by atoms with Crippen molar-refractivity contribution in [1.82, 2.24) is 35.3 Å². The number of hydrogen-bond donors (Lipinski definition) is 3.